The molecule has 0 heterocycles. The Hall–Kier alpha value is -7.15. The number of hydrogen-bond acceptors (Lipinski definition) is 9. The van der Waals surface area contributed by atoms with E-state index in [0.29, 0.717) is 17.9 Å². The molecule has 0 saturated heterocycles. The molecule has 0 spiro atoms. The molecule has 352 valence electrons. The third kappa shape index (κ3) is 13.7. The van der Waals surface area contributed by atoms with Gasteiger partial charge in [0.15, 0.2) is 0 Å². The third-order valence-electron chi connectivity index (χ3n) is 11.7. The van der Waals surface area contributed by atoms with E-state index < -0.39 is 54.0 Å². The van der Waals surface area contributed by atoms with Crippen molar-refractivity contribution in [1.29, 1.82) is 0 Å². The van der Waals surface area contributed by atoms with Crippen LogP contribution in [0.5, 0.6) is 11.5 Å². The van der Waals surface area contributed by atoms with Crippen LogP contribution < -0.4 is 30.7 Å². The number of esters is 1. The number of carbonyl (C=O) groups is 5. The molecule has 4 N–H and O–H groups in total. The Morgan fingerprint density at radius 3 is 1.57 bits per heavy atom. The van der Waals surface area contributed by atoms with Crippen molar-refractivity contribution in [2.45, 2.75) is 90.1 Å². The van der Waals surface area contributed by atoms with E-state index in [4.69, 9.17) is 18.9 Å². The van der Waals surface area contributed by atoms with Crippen LogP contribution in [0.2, 0.25) is 0 Å². The van der Waals surface area contributed by atoms with Crippen LogP contribution in [-0.4, -0.2) is 68.7 Å². The molecule has 0 aromatic heterocycles. The largest absolute Gasteiger partial charge is 0.497 e. The average Bonchev–Trinajstić information content (AvgIpc) is 3.66. The standard InChI is InChI=1S/C54H62N4O9/c1-34(2)30-47(52(61)56-48(31-35(3)4)53(62)66-32-36-14-8-7-9-15-36)55-51(60)46(57-54(63)67-33-45-43-18-12-10-16-41(43)42-17-11-13-19-44(42)45)28-29-49(59)58-50(37-20-24-39(64-5)25-21-37)38-22-26-40(65-6)27-23-38/h7-27,34-35,45-48,50H,28-33H2,1-6H3,(H,55,60)(H,56,61)(H,57,63)(H,58,59)/t46-,47-,48+/m0/s1. The van der Waals surface area contributed by atoms with Crippen LogP contribution in [-0.2, 0) is 35.3 Å². The number of hydrogen-bond donors (Lipinski definition) is 4. The Morgan fingerprint density at radius 1 is 0.537 bits per heavy atom. The van der Waals surface area contributed by atoms with Gasteiger partial charge in [-0.15, -0.1) is 0 Å². The maximum absolute atomic E-state index is 14.4. The van der Waals surface area contributed by atoms with Gasteiger partial charge in [-0.1, -0.05) is 131 Å². The van der Waals surface area contributed by atoms with Crippen molar-refractivity contribution in [3.8, 4) is 22.6 Å². The number of alkyl carbamates (subject to hydrolysis) is 1. The van der Waals surface area contributed by atoms with Crippen LogP contribution in [0.15, 0.2) is 127 Å². The van der Waals surface area contributed by atoms with E-state index in [1.54, 1.807) is 38.5 Å². The molecule has 67 heavy (non-hydrogen) atoms. The monoisotopic (exact) mass is 910 g/mol. The third-order valence-corrected chi connectivity index (χ3v) is 11.7. The van der Waals surface area contributed by atoms with E-state index in [9.17, 15) is 24.0 Å². The van der Waals surface area contributed by atoms with Gasteiger partial charge in [0.05, 0.1) is 20.3 Å². The number of benzene rings is 5. The van der Waals surface area contributed by atoms with Crippen molar-refractivity contribution < 1.29 is 42.9 Å². The molecule has 6 rings (SSSR count). The van der Waals surface area contributed by atoms with E-state index in [1.807, 2.05) is 131 Å². The first kappa shape index (κ1) is 49.3. The van der Waals surface area contributed by atoms with Crippen LogP contribution in [0.4, 0.5) is 4.79 Å². The van der Waals surface area contributed by atoms with Gasteiger partial charge in [0.25, 0.3) is 0 Å². The number of rotatable bonds is 22. The summed E-state index contributed by atoms with van der Waals surface area (Å²) >= 11 is 0. The molecule has 1 aliphatic rings. The van der Waals surface area contributed by atoms with E-state index in [2.05, 4.69) is 21.3 Å². The van der Waals surface area contributed by atoms with Crippen LogP contribution in [0.3, 0.4) is 0 Å². The summed E-state index contributed by atoms with van der Waals surface area (Å²) in [5.41, 5.74) is 6.54. The van der Waals surface area contributed by atoms with Crippen molar-refractivity contribution in [2.75, 3.05) is 20.8 Å². The molecule has 4 amide bonds. The lowest BCUT2D eigenvalue weighted by atomic mass is 9.97. The van der Waals surface area contributed by atoms with Crippen LogP contribution in [0.25, 0.3) is 11.1 Å². The number of nitrogens with one attached hydrogen (secondary N) is 4. The fourth-order valence-corrected chi connectivity index (χ4v) is 8.27. The molecule has 0 radical (unpaired) electrons. The summed E-state index contributed by atoms with van der Waals surface area (Å²) < 4.78 is 22.2. The number of amides is 4. The van der Waals surface area contributed by atoms with Crippen LogP contribution in [0, 0.1) is 11.8 Å². The highest BCUT2D eigenvalue weighted by Gasteiger charge is 2.33. The lowest BCUT2D eigenvalue weighted by molar-refractivity contribution is -0.150. The molecule has 0 fully saturated rings. The van der Waals surface area contributed by atoms with E-state index >= 15 is 0 Å². The summed E-state index contributed by atoms with van der Waals surface area (Å²) in [6.45, 7) is 7.71. The lowest BCUT2D eigenvalue weighted by Crippen LogP contribution is -2.56. The normalized spacial score (nSPS) is 13.1. The SMILES string of the molecule is COc1ccc(C(NC(=O)CC[C@H](NC(=O)OCC2c3ccccc3-c3ccccc32)C(=O)N[C@@H](CC(C)C)C(=O)N[C@H](CC(C)C)C(=O)OCc2ccccc2)c2ccc(OC)cc2)cc1. The molecule has 0 unspecified atom stereocenters. The first-order chi connectivity index (χ1) is 32.3. The highest BCUT2D eigenvalue weighted by Crippen LogP contribution is 2.44. The molecule has 3 atom stereocenters. The maximum Gasteiger partial charge on any atom is 0.407 e. The van der Waals surface area contributed by atoms with Gasteiger partial charge in [-0.25, -0.2) is 9.59 Å². The number of fused-ring (bicyclic) bond motifs is 3. The minimum atomic E-state index is -1.30. The quantitative estimate of drug-likeness (QED) is 0.0498. The predicted molar refractivity (Wildman–Crippen MR) is 256 cm³/mol. The van der Waals surface area contributed by atoms with Crippen molar-refractivity contribution >= 4 is 29.8 Å². The van der Waals surface area contributed by atoms with Gasteiger partial charge in [0.2, 0.25) is 17.7 Å². The van der Waals surface area contributed by atoms with Gasteiger partial charge in [0, 0.05) is 12.3 Å². The van der Waals surface area contributed by atoms with Gasteiger partial charge < -0.3 is 40.2 Å². The molecule has 1 aliphatic carbocycles. The Kier molecular flexibility index (Phi) is 17.6. The van der Waals surface area contributed by atoms with Crippen LogP contribution >= 0.6 is 0 Å². The van der Waals surface area contributed by atoms with Crippen molar-refractivity contribution in [3.05, 3.63) is 155 Å². The predicted octanol–water partition coefficient (Wildman–Crippen LogP) is 8.40. The average molecular weight is 911 g/mol. The maximum atomic E-state index is 14.4. The summed E-state index contributed by atoms with van der Waals surface area (Å²) in [6.07, 6.45) is -0.669. The fourth-order valence-electron chi connectivity index (χ4n) is 8.27. The second-order valence-corrected chi connectivity index (χ2v) is 17.6. The highest BCUT2D eigenvalue weighted by molar-refractivity contribution is 5.93. The molecule has 5 aromatic rings. The van der Waals surface area contributed by atoms with Gasteiger partial charge in [-0.05, 0) is 94.3 Å². The summed E-state index contributed by atoms with van der Waals surface area (Å²) in [5.74, 6) is -1.23. The van der Waals surface area contributed by atoms with Gasteiger partial charge in [-0.3, -0.25) is 14.4 Å². The van der Waals surface area contributed by atoms with Crippen LogP contribution in [0.1, 0.15) is 93.2 Å². The van der Waals surface area contributed by atoms with E-state index in [0.717, 1.165) is 38.9 Å². The van der Waals surface area contributed by atoms with Crippen molar-refractivity contribution in [2.24, 2.45) is 11.8 Å². The Morgan fingerprint density at radius 2 is 1.03 bits per heavy atom. The minimum absolute atomic E-state index is 0.00389. The minimum Gasteiger partial charge on any atom is -0.497 e. The zero-order valence-electron chi connectivity index (χ0n) is 39.1. The molecule has 0 bridgehead atoms. The highest BCUT2D eigenvalue weighted by atomic mass is 16.5. The number of methoxy groups -OCH3 is 2. The Balaban J connectivity index is 1.20. The molecule has 0 aliphatic heterocycles. The Bertz CT molecular complexity index is 2350. The summed E-state index contributed by atoms with van der Waals surface area (Å²) in [7, 11) is 3.15. The summed E-state index contributed by atoms with van der Waals surface area (Å²) in [6, 6.07) is 35.9. The molecular weight excluding hydrogens is 849 g/mol. The summed E-state index contributed by atoms with van der Waals surface area (Å²) in [4.78, 5) is 69.6. The Labute approximate surface area is 393 Å². The second kappa shape index (κ2) is 23.9. The number of ether oxygens (including phenoxy) is 4. The topological polar surface area (TPSA) is 170 Å². The van der Waals surface area contributed by atoms with E-state index in [-0.39, 0.29) is 50.2 Å². The lowest BCUT2D eigenvalue weighted by Gasteiger charge is -2.27. The molecule has 0 saturated carbocycles. The molecule has 13 heteroatoms. The van der Waals surface area contributed by atoms with Crippen molar-refractivity contribution in [3.63, 3.8) is 0 Å². The van der Waals surface area contributed by atoms with Gasteiger partial charge in [0.1, 0.15) is 42.8 Å². The van der Waals surface area contributed by atoms with Crippen molar-refractivity contribution in [1.82, 2.24) is 21.3 Å². The fraction of sp³-hybridized carbons (Fsp3) is 0.352. The molecular formula is C54H62N4O9. The van der Waals surface area contributed by atoms with Gasteiger partial charge in [-0.2, -0.15) is 0 Å². The molecule has 13 nitrogen and oxygen atoms in total. The van der Waals surface area contributed by atoms with Gasteiger partial charge >= 0.3 is 12.1 Å². The number of carbonyl (C=O) groups excluding carboxylic acids is 5. The first-order valence-corrected chi connectivity index (χ1v) is 22.8. The smallest absolute Gasteiger partial charge is 0.407 e. The zero-order valence-corrected chi connectivity index (χ0v) is 39.1. The zero-order chi connectivity index (χ0) is 47.9. The second-order valence-electron chi connectivity index (χ2n) is 17.6. The first-order valence-electron chi connectivity index (χ1n) is 22.8. The van der Waals surface area contributed by atoms with E-state index in [1.165, 1.54) is 0 Å². The summed E-state index contributed by atoms with van der Waals surface area (Å²) in [5, 5.41) is 11.5. The molecule has 5 aromatic carbocycles.